The molecule has 0 heterocycles. The molecule has 0 saturated heterocycles. The smallest absolute Gasteiger partial charge is 0.246 e. The van der Waals surface area contributed by atoms with E-state index in [1.165, 1.54) is 6.42 Å². The van der Waals surface area contributed by atoms with E-state index in [2.05, 4.69) is 12.4 Å². The van der Waals surface area contributed by atoms with Gasteiger partial charge in [0.15, 0.2) is 0 Å². The third-order valence-electron chi connectivity index (χ3n) is 2.38. The van der Waals surface area contributed by atoms with Crippen molar-refractivity contribution in [2.75, 3.05) is 6.61 Å². The maximum absolute atomic E-state index is 11.3. The van der Waals surface area contributed by atoms with Crippen LogP contribution in [0.15, 0.2) is 0 Å². The first kappa shape index (κ1) is 9.52. The van der Waals surface area contributed by atoms with Crippen molar-refractivity contribution >= 4 is 5.91 Å². The van der Waals surface area contributed by atoms with E-state index in [0.29, 0.717) is 12.5 Å². The summed E-state index contributed by atoms with van der Waals surface area (Å²) in [6.07, 6.45) is 3.20. The van der Waals surface area contributed by atoms with Gasteiger partial charge >= 0.3 is 0 Å². The van der Waals surface area contributed by atoms with E-state index in [-0.39, 0.29) is 11.8 Å². The predicted molar refractivity (Wildman–Crippen MR) is 46.3 cm³/mol. The van der Waals surface area contributed by atoms with E-state index >= 15 is 0 Å². The summed E-state index contributed by atoms with van der Waals surface area (Å²) >= 11 is 0. The minimum atomic E-state index is 0.0567. The van der Waals surface area contributed by atoms with Gasteiger partial charge in [0.1, 0.15) is 0 Å². The number of carbonyl (C=O) groups excluding carboxylic acids is 1. The zero-order valence-corrected chi connectivity index (χ0v) is 7.80. The Kier molecular flexibility index (Phi) is 3.53. The van der Waals surface area contributed by atoms with Gasteiger partial charge < -0.3 is 0 Å². The molecule has 0 aromatic rings. The molecule has 3 heteroatoms. The lowest BCUT2D eigenvalue weighted by Crippen LogP contribution is -2.29. The van der Waals surface area contributed by atoms with E-state index < -0.39 is 0 Å². The van der Waals surface area contributed by atoms with Crippen LogP contribution >= 0.6 is 0 Å². The van der Waals surface area contributed by atoms with Crippen LogP contribution in [0.25, 0.3) is 0 Å². The van der Waals surface area contributed by atoms with Crippen LogP contribution in [0.2, 0.25) is 0 Å². The molecule has 0 bridgehead atoms. The molecule has 0 spiro atoms. The first-order chi connectivity index (χ1) is 5.74. The lowest BCUT2D eigenvalue weighted by Gasteiger charge is -2.09. The number of hydrogen-bond acceptors (Lipinski definition) is 2. The molecular weight excluding hydrogens is 154 g/mol. The Bertz CT molecular complexity index is 159. The Labute approximate surface area is 73.4 Å². The Hall–Kier alpha value is -0.570. The Morgan fingerprint density at radius 1 is 1.58 bits per heavy atom. The van der Waals surface area contributed by atoms with Crippen molar-refractivity contribution < 1.29 is 9.63 Å². The van der Waals surface area contributed by atoms with Crippen molar-refractivity contribution in [3.63, 3.8) is 0 Å². The van der Waals surface area contributed by atoms with Crippen LogP contribution in [0.5, 0.6) is 0 Å². The van der Waals surface area contributed by atoms with Gasteiger partial charge in [-0.15, -0.1) is 0 Å². The lowest BCUT2D eigenvalue weighted by atomic mass is 10.1. The Morgan fingerprint density at radius 2 is 2.33 bits per heavy atom. The summed E-state index contributed by atoms with van der Waals surface area (Å²) in [6.45, 7) is 4.58. The average Bonchev–Trinajstić information content (AvgIpc) is 2.47. The monoisotopic (exact) mass is 171 g/mol. The summed E-state index contributed by atoms with van der Waals surface area (Å²) in [4.78, 5) is 16.2. The molecule has 0 aliphatic heterocycles. The van der Waals surface area contributed by atoms with Crippen LogP contribution in [0.1, 0.15) is 33.1 Å². The number of carbonyl (C=O) groups is 1. The average molecular weight is 171 g/mol. The molecule has 12 heavy (non-hydrogen) atoms. The highest BCUT2D eigenvalue weighted by Gasteiger charge is 2.27. The highest BCUT2D eigenvalue weighted by Crippen LogP contribution is 2.30. The highest BCUT2D eigenvalue weighted by molar-refractivity contribution is 5.77. The van der Waals surface area contributed by atoms with Crippen LogP contribution in [0.4, 0.5) is 0 Å². The van der Waals surface area contributed by atoms with E-state index in [9.17, 15) is 4.79 Å². The van der Waals surface area contributed by atoms with Crippen molar-refractivity contribution in [3.05, 3.63) is 0 Å². The fourth-order valence-electron chi connectivity index (χ4n) is 1.67. The summed E-state index contributed by atoms with van der Waals surface area (Å²) in [7, 11) is 0. The fraction of sp³-hybridized carbons (Fsp3) is 0.889. The Balaban J connectivity index is 2.23. The molecule has 1 N–H and O–H groups in total. The van der Waals surface area contributed by atoms with Crippen molar-refractivity contribution in [1.29, 1.82) is 0 Å². The van der Waals surface area contributed by atoms with Crippen LogP contribution in [0.3, 0.4) is 0 Å². The van der Waals surface area contributed by atoms with Crippen molar-refractivity contribution in [1.82, 2.24) is 5.48 Å². The quantitative estimate of drug-likeness (QED) is 0.653. The molecule has 1 aliphatic carbocycles. The molecule has 1 rings (SSSR count). The maximum atomic E-state index is 11.3. The van der Waals surface area contributed by atoms with Gasteiger partial charge in [0.2, 0.25) is 5.91 Å². The molecule has 0 aromatic heterocycles. The van der Waals surface area contributed by atoms with Crippen molar-refractivity contribution in [2.24, 2.45) is 11.8 Å². The van der Waals surface area contributed by atoms with Crippen LogP contribution < -0.4 is 5.48 Å². The highest BCUT2D eigenvalue weighted by atomic mass is 16.6. The SMILES string of the molecule is CCONC(=O)C1CCC(C)C1. The van der Waals surface area contributed by atoms with Crippen LogP contribution in [0, 0.1) is 11.8 Å². The van der Waals surface area contributed by atoms with Gasteiger partial charge in [0.05, 0.1) is 6.61 Å². The molecule has 2 atom stereocenters. The number of amides is 1. The maximum Gasteiger partial charge on any atom is 0.246 e. The van der Waals surface area contributed by atoms with Crippen LogP contribution in [-0.2, 0) is 9.63 Å². The standard InChI is InChI=1S/C9H17NO2/c1-3-12-10-9(11)8-5-4-7(2)6-8/h7-8H,3-6H2,1-2H3,(H,10,11). The lowest BCUT2D eigenvalue weighted by molar-refractivity contribution is -0.137. The number of rotatable bonds is 3. The van der Waals surface area contributed by atoms with Gasteiger partial charge in [-0.05, 0) is 32.1 Å². The molecular formula is C9H17NO2. The summed E-state index contributed by atoms with van der Waals surface area (Å²) in [5.41, 5.74) is 2.46. The minimum Gasteiger partial charge on any atom is -0.274 e. The normalized spacial score (nSPS) is 28.8. The summed E-state index contributed by atoms with van der Waals surface area (Å²) in [5, 5.41) is 0. The summed E-state index contributed by atoms with van der Waals surface area (Å²) in [5.74, 6) is 0.940. The van der Waals surface area contributed by atoms with Crippen LogP contribution in [-0.4, -0.2) is 12.5 Å². The van der Waals surface area contributed by atoms with E-state index in [4.69, 9.17) is 4.84 Å². The van der Waals surface area contributed by atoms with Gasteiger partial charge in [0, 0.05) is 5.92 Å². The molecule has 1 fully saturated rings. The van der Waals surface area contributed by atoms with Gasteiger partial charge in [-0.25, -0.2) is 5.48 Å². The van der Waals surface area contributed by atoms with E-state index in [1.807, 2.05) is 6.92 Å². The topological polar surface area (TPSA) is 38.3 Å². The second kappa shape index (κ2) is 4.45. The Morgan fingerprint density at radius 3 is 2.83 bits per heavy atom. The van der Waals surface area contributed by atoms with Crippen molar-refractivity contribution in [2.45, 2.75) is 33.1 Å². The summed E-state index contributed by atoms with van der Waals surface area (Å²) in [6, 6.07) is 0. The third-order valence-corrected chi connectivity index (χ3v) is 2.38. The second-order valence-electron chi connectivity index (χ2n) is 3.51. The zero-order valence-electron chi connectivity index (χ0n) is 7.80. The molecule has 70 valence electrons. The van der Waals surface area contributed by atoms with Gasteiger partial charge in [-0.3, -0.25) is 9.63 Å². The van der Waals surface area contributed by atoms with Crippen molar-refractivity contribution in [3.8, 4) is 0 Å². The minimum absolute atomic E-state index is 0.0567. The molecule has 1 amide bonds. The molecule has 3 nitrogen and oxygen atoms in total. The number of hydrogen-bond donors (Lipinski definition) is 1. The largest absolute Gasteiger partial charge is 0.274 e. The molecule has 0 radical (unpaired) electrons. The van der Waals surface area contributed by atoms with Gasteiger partial charge in [-0.1, -0.05) is 6.92 Å². The first-order valence-corrected chi connectivity index (χ1v) is 4.65. The first-order valence-electron chi connectivity index (χ1n) is 4.65. The van der Waals surface area contributed by atoms with Gasteiger partial charge in [0.25, 0.3) is 0 Å². The fourth-order valence-corrected chi connectivity index (χ4v) is 1.67. The molecule has 0 aromatic carbocycles. The number of nitrogens with one attached hydrogen (secondary N) is 1. The van der Waals surface area contributed by atoms with E-state index in [0.717, 1.165) is 12.8 Å². The van der Waals surface area contributed by atoms with Gasteiger partial charge in [-0.2, -0.15) is 0 Å². The predicted octanol–water partition coefficient (Wildman–Crippen LogP) is 1.49. The second-order valence-corrected chi connectivity index (χ2v) is 3.51. The zero-order chi connectivity index (χ0) is 8.97. The molecule has 1 aliphatic rings. The molecule has 2 unspecified atom stereocenters. The third kappa shape index (κ3) is 2.48. The number of hydroxylamine groups is 1. The van der Waals surface area contributed by atoms with E-state index in [1.54, 1.807) is 0 Å². The summed E-state index contributed by atoms with van der Waals surface area (Å²) < 4.78 is 0. The molecule has 1 saturated carbocycles.